The Balaban J connectivity index is 2.52. The Morgan fingerprint density at radius 3 is 1.93 bits per heavy atom. The molecule has 0 nitrogen and oxygen atoms in total. The van der Waals surface area contributed by atoms with E-state index >= 15 is 0 Å². The van der Waals surface area contributed by atoms with Gasteiger partial charge in [0.05, 0.1) is 0 Å². The van der Waals surface area contributed by atoms with Crippen LogP contribution in [0.25, 0.3) is 0 Å². The zero-order valence-electron chi connectivity index (χ0n) is 10.6. The average Bonchev–Trinajstić information content (AvgIpc) is 2.16. The zero-order valence-corrected chi connectivity index (χ0v) is 10.6. The van der Waals surface area contributed by atoms with Gasteiger partial charge in [0.1, 0.15) is 0 Å². The van der Waals surface area contributed by atoms with E-state index in [9.17, 15) is 0 Å². The Kier molecular flexibility index (Phi) is 4.47. The molecular weight excluding hydrogens is 168 g/mol. The van der Waals surface area contributed by atoms with Gasteiger partial charge >= 0.3 is 0 Å². The van der Waals surface area contributed by atoms with Gasteiger partial charge in [0.15, 0.2) is 0 Å². The molecule has 0 aromatic carbocycles. The zero-order chi connectivity index (χ0) is 10.6. The average molecular weight is 196 g/mol. The van der Waals surface area contributed by atoms with Gasteiger partial charge in [0.2, 0.25) is 0 Å². The van der Waals surface area contributed by atoms with Crippen LogP contribution in [0.2, 0.25) is 0 Å². The van der Waals surface area contributed by atoms with Crippen molar-refractivity contribution in [2.75, 3.05) is 0 Å². The fourth-order valence-electron chi connectivity index (χ4n) is 2.95. The van der Waals surface area contributed by atoms with Crippen molar-refractivity contribution in [1.29, 1.82) is 0 Å². The molecule has 0 spiro atoms. The molecule has 0 bridgehead atoms. The molecule has 0 heteroatoms. The molecule has 0 aromatic rings. The normalized spacial score (nSPS) is 21.9. The molecule has 84 valence electrons. The monoisotopic (exact) mass is 196 g/mol. The maximum atomic E-state index is 2.44. The van der Waals surface area contributed by atoms with Crippen molar-refractivity contribution in [1.82, 2.24) is 0 Å². The number of hydrogen-bond donors (Lipinski definition) is 0. The molecule has 1 saturated carbocycles. The fourth-order valence-corrected chi connectivity index (χ4v) is 2.95. The van der Waals surface area contributed by atoms with E-state index in [0.29, 0.717) is 5.41 Å². The second kappa shape index (κ2) is 5.19. The summed E-state index contributed by atoms with van der Waals surface area (Å²) in [5.74, 6) is 1.77. The van der Waals surface area contributed by atoms with Gasteiger partial charge in [-0.1, -0.05) is 53.4 Å². The van der Waals surface area contributed by atoms with E-state index in [2.05, 4.69) is 27.7 Å². The Morgan fingerprint density at radius 2 is 1.50 bits per heavy atom. The molecule has 0 N–H and O–H groups in total. The van der Waals surface area contributed by atoms with Gasteiger partial charge < -0.3 is 0 Å². The molecule has 1 rings (SSSR count). The summed E-state index contributed by atoms with van der Waals surface area (Å²) >= 11 is 0. The summed E-state index contributed by atoms with van der Waals surface area (Å²) in [5.41, 5.74) is 0.711. The van der Waals surface area contributed by atoms with Crippen LogP contribution in [-0.2, 0) is 0 Å². The minimum atomic E-state index is 0.711. The smallest absolute Gasteiger partial charge is 0.0274 e. The molecule has 0 aromatic heterocycles. The van der Waals surface area contributed by atoms with Crippen LogP contribution in [0, 0.1) is 17.3 Å². The van der Waals surface area contributed by atoms with E-state index < -0.39 is 0 Å². The predicted molar refractivity (Wildman–Crippen MR) is 64.4 cm³/mol. The minimum absolute atomic E-state index is 0.711. The first-order valence-electron chi connectivity index (χ1n) is 6.57. The Morgan fingerprint density at radius 1 is 0.929 bits per heavy atom. The summed E-state index contributed by atoms with van der Waals surface area (Å²) < 4.78 is 0. The summed E-state index contributed by atoms with van der Waals surface area (Å²) in [6.45, 7) is 9.59. The molecular formula is C14H28. The third-order valence-electron chi connectivity index (χ3n) is 4.29. The van der Waals surface area contributed by atoms with Crippen molar-refractivity contribution < 1.29 is 0 Å². The van der Waals surface area contributed by atoms with Crippen molar-refractivity contribution in [3.8, 4) is 0 Å². The largest absolute Gasteiger partial charge is 0.0628 e. The van der Waals surface area contributed by atoms with Crippen LogP contribution in [0.4, 0.5) is 0 Å². The lowest BCUT2D eigenvalue weighted by molar-refractivity contribution is 0.0971. The second-order valence-electron chi connectivity index (χ2n) is 6.01. The van der Waals surface area contributed by atoms with Crippen LogP contribution in [0.15, 0.2) is 0 Å². The Labute approximate surface area is 90.5 Å². The quantitative estimate of drug-likeness (QED) is 0.591. The van der Waals surface area contributed by atoms with Gasteiger partial charge in [0, 0.05) is 0 Å². The van der Waals surface area contributed by atoms with E-state index in [0.717, 1.165) is 11.8 Å². The van der Waals surface area contributed by atoms with Gasteiger partial charge in [-0.15, -0.1) is 0 Å². The standard InChI is InChI=1S/C14H28/c1-12(2)8-11-14(13(3)4)9-6-5-7-10-14/h12-13H,5-11H2,1-4H3. The predicted octanol–water partition coefficient (Wildman–Crippen LogP) is 5.03. The molecule has 1 aliphatic carbocycles. The lowest BCUT2D eigenvalue weighted by atomic mass is 9.64. The van der Waals surface area contributed by atoms with Crippen molar-refractivity contribution in [2.24, 2.45) is 17.3 Å². The topological polar surface area (TPSA) is 0 Å². The van der Waals surface area contributed by atoms with Crippen molar-refractivity contribution in [3.05, 3.63) is 0 Å². The van der Waals surface area contributed by atoms with E-state index in [1.54, 1.807) is 0 Å². The van der Waals surface area contributed by atoms with E-state index in [1.165, 1.54) is 44.9 Å². The summed E-state index contributed by atoms with van der Waals surface area (Å²) in [5, 5.41) is 0. The van der Waals surface area contributed by atoms with Gasteiger partial charge in [-0.25, -0.2) is 0 Å². The first-order chi connectivity index (χ1) is 6.57. The van der Waals surface area contributed by atoms with Gasteiger partial charge in [-0.2, -0.15) is 0 Å². The molecule has 0 aliphatic heterocycles. The Bertz CT molecular complexity index is 149. The van der Waals surface area contributed by atoms with Gasteiger partial charge in [-0.05, 0) is 36.5 Å². The minimum Gasteiger partial charge on any atom is -0.0628 e. The molecule has 0 radical (unpaired) electrons. The van der Waals surface area contributed by atoms with Crippen molar-refractivity contribution >= 4 is 0 Å². The van der Waals surface area contributed by atoms with Crippen LogP contribution in [-0.4, -0.2) is 0 Å². The molecule has 14 heavy (non-hydrogen) atoms. The molecule has 0 unspecified atom stereocenters. The highest BCUT2D eigenvalue weighted by atomic mass is 14.4. The van der Waals surface area contributed by atoms with E-state index in [4.69, 9.17) is 0 Å². The van der Waals surface area contributed by atoms with Crippen LogP contribution >= 0.6 is 0 Å². The van der Waals surface area contributed by atoms with E-state index in [1.807, 2.05) is 0 Å². The van der Waals surface area contributed by atoms with Crippen LogP contribution in [0.5, 0.6) is 0 Å². The third-order valence-corrected chi connectivity index (χ3v) is 4.29. The first kappa shape index (κ1) is 12.1. The maximum absolute atomic E-state index is 2.44. The number of hydrogen-bond acceptors (Lipinski definition) is 0. The van der Waals surface area contributed by atoms with Gasteiger partial charge in [-0.3, -0.25) is 0 Å². The molecule has 0 saturated heterocycles. The van der Waals surface area contributed by atoms with Crippen LogP contribution < -0.4 is 0 Å². The lowest BCUT2D eigenvalue weighted by Crippen LogP contribution is -2.30. The molecule has 1 aliphatic rings. The summed E-state index contributed by atoms with van der Waals surface area (Å²) in [6, 6.07) is 0. The summed E-state index contributed by atoms with van der Waals surface area (Å²) in [6.07, 6.45) is 10.3. The molecule has 0 heterocycles. The Hall–Kier alpha value is 0. The maximum Gasteiger partial charge on any atom is -0.0274 e. The van der Waals surface area contributed by atoms with Crippen LogP contribution in [0.1, 0.15) is 72.6 Å². The molecule has 0 atom stereocenters. The highest BCUT2D eigenvalue weighted by Gasteiger charge is 2.34. The van der Waals surface area contributed by atoms with Gasteiger partial charge in [0.25, 0.3) is 0 Å². The summed E-state index contributed by atoms with van der Waals surface area (Å²) in [7, 11) is 0. The molecule has 0 amide bonds. The van der Waals surface area contributed by atoms with E-state index in [-0.39, 0.29) is 0 Å². The third kappa shape index (κ3) is 3.00. The van der Waals surface area contributed by atoms with Crippen molar-refractivity contribution in [2.45, 2.75) is 72.6 Å². The molecule has 1 fully saturated rings. The second-order valence-corrected chi connectivity index (χ2v) is 6.01. The lowest BCUT2D eigenvalue weighted by Gasteiger charge is -2.41. The fraction of sp³-hybridized carbons (Fsp3) is 1.00. The number of rotatable bonds is 4. The first-order valence-corrected chi connectivity index (χ1v) is 6.57. The van der Waals surface area contributed by atoms with Crippen LogP contribution in [0.3, 0.4) is 0 Å². The highest BCUT2D eigenvalue weighted by Crippen LogP contribution is 2.46. The summed E-state index contributed by atoms with van der Waals surface area (Å²) in [4.78, 5) is 0. The highest BCUT2D eigenvalue weighted by molar-refractivity contribution is 4.85. The SMILES string of the molecule is CC(C)CCC1(C(C)C)CCCCC1. The van der Waals surface area contributed by atoms with Crippen molar-refractivity contribution in [3.63, 3.8) is 0 Å².